The Balaban J connectivity index is 1.60. The fraction of sp³-hybridized carbons (Fsp3) is 0.0667. The number of aromatic nitrogens is 4. The molecule has 7 nitrogen and oxygen atoms in total. The highest BCUT2D eigenvalue weighted by Crippen LogP contribution is 2.17. The van der Waals surface area contributed by atoms with Crippen molar-refractivity contribution >= 4 is 27.5 Å². The van der Waals surface area contributed by atoms with Crippen molar-refractivity contribution in [1.82, 2.24) is 20.2 Å². The summed E-state index contributed by atoms with van der Waals surface area (Å²) in [7, 11) is 0. The fourth-order valence-corrected chi connectivity index (χ4v) is 2.31. The summed E-state index contributed by atoms with van der Waals surface area (Å²) in [6.07, 6.45) is 1.49. The smallest absolute Gasteiger partial charge is 0.262 e. The van der Waals surface area contributed by atoms with E-state index in [1.807, 2.05) is 24.3 Å². The number of hydrogen-bond acceptors (Lipinski definition) is 5. The molecule has 23 heavy (non-hydrogen) atoms. The van der Waals surface area contributed by atoms with E-state index in [9.17, 15) is 4.79 Å². The van der Waals surface area contributed by atoms with E-state index in [4.69, 9.17) is 4.74 Å². The van der Waals surface area contributed by atoms with E-state index in [-0.39, 0.29) is 12.5 Å². The van der Waals surface area contributed by atoms with Gasteiger partial charge in [-0.2, -0.15) is 0 Å². The first kappa shape index (κ1) is 15.2. The van der Waals surface area contributed by atoms with Crippen molar-refractivity contribution < 1.29 is 9.53 Å². The molecule has 0 aliphatic heterocycles. The number of amides is 1. The van der Waals surface area contributed by atoms with Crippen molar-refractivity contribution in [2.75, 3.05) is 11.9 Å². The third-order valence-corrected chi connectivity index (χ3v) is 3.40. The van der Waals surface area contributed by atoms with Gasteiger partial charge in [-0.1, -0.05) is 28.1 Å². The minimum Gasteiger partial charge on any atom is -0.484 e. The number of halogens is 1. The maximum absolute atomic E-state index is 11.9. The lowest BCUT2D eigenvalue weighted by molar-refractivity contribution is -0.118. The monoisotopic (exact) mass is 373 g/mol. The summed E-state index contributed by atoms with van der Waals surface area (Å²) in [4.78, 5) is 11.9. The Morgan fingerprint density at radius 1 is 1.22 bits per heavy atom. The number of anilines is 1. The Kier molecular flexibility index (Phi) is 4.62. The van der Waals surface area contributed by atoms with Gasteiger partial charge in [0.2, 0.25) is 0 Å². The van der Waals surface area contributed by atoms with Crippen molar-refractivity contribution in [1.29, 1.82) is 0 Å². The van der Waals surface area contributed by atoms with Crippen LogP contribution in [0.4, 0.5) is 5.69 Å². The Morgan fingerprint density at radius 2 is 2.09 bits per heavy atom. The predicted molar refractivity (Wildman–Crippen MR) is 87.4 cm³/mol. The van der Waals surface area contributed by atoms with Gasteiger partial charge in [-0.15, -0.1) is 5.10 Å². The Labute approximate surface area is 140 Å². The number of carbonyl (C=O) groups excluding carboxylic acids is 1. The van der Waals surface area contributed by atoms with Crippen molar-refractivity contribution in [2.45, 2.75) is 0 Å². The van der Waals surface area contributed by atoms with Crippen molar-refractivity contribution in [3.05, 3.63) is 59.3 Å². The maximum Gasteiger partial charge on any atom is 0.262 e. The molecule has 0 aliphatic carbocycles. The SMILES string of the molecule is O=C(COc1cccc(-n2cnnn2)c1)Nc1cccc(Br)c1. The van der Waals surface area contributed by atoms with Gasteiger partial charge in [0.1, 0.15) is 12.1 Å². The number of carbonyl (C=O) groups is 1. The zero-order valence-electron chi connectivity index (χ0n) is 11.9. The normalized spacial score (nSPS) is 10.3. The van der Waals surface area contributed by atoms with Gasteiger partial charge in [0.25, 0.3) is 5.91 Å². The van der Waals surface area contributed by atoms with Crippen LogP contribution in [0.5, 0.6) is 5.75 Å². The number of tetrazole rings is 1. The summed E-state index contributed by atoms with van der Waals surface area (Å²) < 4.78 is 7.91. The van der Waals surface area contributed by atoms with E-state index in [0.29, 0.717) is 11.4 Å². The molecule has 1 N–H and O–H groups in total. The summed E-state index contributed by atoms with van der Waals surface area (Å²) in [6, 6.07) is 14.5. The van der Waals surface area contributed by atoms with E-state index < -0.39 is 0 Å². The maximum atomic E-state index is 11.9. The lowest BCUT2D eigenvalue weighted by Crippen LogP contribution is -2.20. The Morgan fingerprint density at radius 3 is 2.87 bits per heavy atom. The summed E-state index contributed by atoms with van der Waals surface area (Å²) >= 11 is 3.35. The number of benzene rings is 2. The van der Waals surface area contributed by atoms with E-state index in [1.54, 1.807) is 24.3 Å². The van der Waals surface area contributed by atoms with Gasteiger partial charge in [0.15, 0.2) is 6.61 Å². The largest absolute Gasteiger partial charge is 0.484 e. The molecule has 0 aliphatic rings. The zero-order chi connectivity index (χ0) is 16.1. The van der Waals surface area contributed by atoms with Crippen LogP contribution in [0.15, 0.2) is 59.3 Å². The third kappa shape index (κ3) is 4.13. The number of ether oxygens (including phenoxy) is 1. The molecule has 116 valence electrons. The predicted octanol–water partition coefficient (Wildman–Crippen LogP) is 2.44. The van der Waals surface area contributed by atoms with E-state index in [2.05, 4.69) is 36.8 Å². The highest BCUT2D eigenvalue weighted by molar-refractivity contribution is 9.10. The van der Waals surface area contributed by atoms with Crippen LogP contribution in [-0.2, 0) is 4.79 Å². The van der Waals surface area contributed by atoms with Crippen LogP contribution in [0.1, 0.15) is 0 Å². The molecule has 0 radical (unpaired) electrons. The minimum atomic E-state index is -0.240. The number of nitrogens with zero attached hydrogens (tertiary/aromatic N) is 4. The summed E-state index contributed by atoms with van der Waals surface area (Å²) in [5.41, 5.74) is 1.45. The molecule has 0 bridgehead atoms. The average molecular weight is 374 g/mol. The molecule has 0 saturated carbocycles. The molecule has 0 fully saturated rings. The van der Waals surface area contributed by atoms with Gasteiger partial charge < -0.3 is 10.1 Å². The minimum absolute atomic E-state index is 0.0917. The molecule has 0 saturated heterocycles. The van der Waals surface area contributed by atoms with Crippen LogP contribution in [0.3, 0.4) is 0 Å². The van der Waals surface area contributed by atoms with Crippen LogP contribution < -0.4 is 10.1 Å². The van der Waals surface area contributed by atoms with Crippen LogP contribution in [0.25, 0.3) is 5.69 Å². The molecule has 1 aromatic heterocycles. The zero-order valence-corrected chi connectivity index (χ0v) is 13.5. The third-order valence-electron chi connectivity index (χ3n) is 2.91. The quantitative estimate of drug-likeness (QED) is 0.742. The highest BCUT2D eigenvalue weighted by atomic mass is 79.9. The van der Waals surface area contributed by atoms with Crippen LogP contribution in [0.2, 0.25) is 0 Å². The second-order valence-corrected chi connectivity index (χ2v) is 5.51. The molecule has 8 heteroatoms. The molecule has 2 aromatic carbocycles. The molecule has 1 amide bonds. The molecule has 3 rings (SSSR count). The average Bonchev–Trinajstić information content (AvgIpc) is 3.08. The van der Waals surface area contributed by atoms with Gasteiger partial charge in [-0.05, 0) is 40.8 Å². The van der Waals surface area contributed by atoms with Crippen molar-refractivity contribution in [2.24, 2.45) is 0 Å². The first-order chi connectivity index (χ1) is 11.2. The molecular formula is C15H12BrN5O2. The molecule has 1 heterocycles. The molecule has 0 atom stereocenters. The van der Waals surface area contributed by atoms with Gasteiger partial charge >= 0.3 is 0 Å². The summed E-state index contributed by atoms with van der Waals surface area (Å²) in [6.45, 7) is -0.0917. The number of hydrogen-bond donors (Lipinski definition) is 1. The van der Waals surface area contributed by atoms with E-state index in [1.165, 1.54) is 11.0 Å². The van der Waals surface area contributed by atoms with Crippen molar-refractivity contribution in [3.63, 3.8) is 0 Å². The van der Waals surface area contributed by atoms with Crippen LogP contribution >= 0.6 is 15.9 Å². The lowest BCUT2D eigenvalue weighted by Gasteiger charge is -2.09. The molecule has 0 unspecified atom stereocenters. The number of rotatable bonds is 5. The van der Waals surface area contributed by atoms with Gasteiger partial charge in [-0.3, -0.25) is 4.79 Å². The van der Waals surface area contributed by atoms with Crippen LogP contribution in [0, 0.1) is 0 Å². The Hall–Kier alpha value is -2.74. The Bertz CT molecular complexity index is 807. The first-order valence-corrected chi connectivity index (χ1v) is 7.52. The molecule has 3 aromatic rings. The summed E-state index contributed by atoms with van der Waals surface area (Å²) in [5.74, 6) is 0.318. The standard InChI is InChI=1S/C15H12BrN5O2/c16-11-3-1-4-12(7-11)18-15(22)9-23-14-6-2-5-13(8-14)21-10-17-19-20-21/h1-8,10H,9H2,(H,18,22). The van der Waals surface area contributed by atoms with E-state index in [0.717, 1.165) is 10.2 Å². The summed E-state index contributed by atoms with van der Waals surface area (Å²) in [5, 5.41) is 13.7. The second-order valence-electron chi connectivity index (χ2n) is 4.60. The number of nitrogens with one attached hydrogen (secondary N) is 1. The first-order valence-electron chi connectivity index (χ1n) is 6.72. The van der Waals surface area contributed by atoms with Gasteiger partial charge in [0, 0.05) is 16.2 Å². The second kappa shape index (κ2) is 7.01. The van der Waals surface area contributed by atoms with Gasteiger partial charge in [0.05, 0.1) is 5.69 Å². The van der Waals surface area contributed by atoms with Gasteiger partial charge in [-0.25, -0.2) is 4.68 Å². The highest BCUT2D eigenvalue weighted by Gasteiger charge is 2.05. The molecular weight excluding hydrogens is 362 g/mol. The topological polar surface area (TPSA) is 81.9 Å². The molecule has 0 spiro atoms. The van der Waals surface area contributed by atoms with E-state index >= 15 is 0 Å². The lowest BCUT2D eigenvalue weighted by atomic mass is 10.3. The van der Waals surface area contributed by atoms with Crippen molar-refractivity contribution in [3.8, 4) is 11.4 Å². The fourth-order valence-electron chi connectivity index (χ4n) is 1.91. The van der Waals surface area contributed by atoms with Crippen LogP contribution in [-0.4, -0.2) is 32.7 Å².